The molecule has 0 bridgehead atoms. The van der Waals surface area contributed by atoms with Crippen molar-refractivity contribution in [3.8, 4) is 51.0 Å². The van der Waals surface area contributed by atoms with Gasteiger partial charge in [0.25, 0.3) is 0 Å². The lowest BCUT2D eigenvalue weighted by Gasteiger charge is -2.14. The molecule has 0 unspecified atom stereocenters. The largest absolute Gasteiger partial charge is 0.456 e. The van der Waals surface area contributed by atoms with E-state index in [1.54, 1.807) is 0 Å². The van der Waals surface area contributed by atoms with Gasteiger partial charge in [0, 0.05) is 43.9 Å². The van der Waals surface area contributed by atoms with E-state index in [4.69, 9.17) is 19.4 Å². The molecule has 0 fully saturated rings. The van der Waals surface area contributed by atoms with Crippen molar-refractivity contribution < 1.29 is 4.42 Å². The van der Waals surface area contributed by atoms with Gasteiger partial charge >= 0.3 is 0 Å². The number of para-hydroxylation sites is 3. The molecule has 3 heterocycles. The normalized spacial score (nSPS) is 11.6. The van der Waals surface area contributed by atoms with Crippen LogP contribution in [0.2, 0.25) is 0 Å². The Hall–Kier alpha value is -6.85. The van der Waals surface area contributed by atoms with Crippen LogP contribution in [0.25, 0.3) is 94.7 Å². The third-order valence-electron chi connectivity index (χ3n) is 9.47. The average Bonchev–Trinajstić information content (AvgIpc) is 3.74. The molecule has 0 radical (unpaired) electrons. The number of nitrogens with zero attached hydrogens (tertiary/aromatic N) is 4. The fourth-order valence-electron chi connectivity index (χ4n) is 7.20. The second-order valence-corrected chi connectivity index (χ2v) is 12.4. The minimum absolute atomic E-state index is 0.591. The molecule has 0 saturated heterocycles. The summed E-state index contributed by atoms with van der Waals surface area (Å²) in [7, 11) is 0. The Morgan fingerprint density at radius 1 is 0.400 bits per heavy atom. The van der Waals surface area contributed by atoms with Crippen LogP contribution in [0, 0.1) is 0 Å². The predicted molar refractivity (Wildman–Crippen MR) is 203 cm³/mol. The van der Waals surface area contributed by atoms with Crippen molar-refractivity contribution in [1.82, 2.24) is 19.5 Å². The van der Waals surface area contributed by atoms with E-state index in [-0.39, 0.29) is 0 Å². The summed E-state index contributed by atoms with van der Waals surface area (Å²) in [6.45, 7) is 0. The molecule has 0 aliphatic rings. The molecule has 5 heteroatoms. The monoisotopic (exact) mass is 640 g/mol. The molecule has 0 N–H and O–H groups in total. The Morgan fingerprint density at radius 3 is 1.70 bits per heavy atom. The van der Waals surface area contributed by atoms with Crippen molar-refractivity contribution in [3.05, 3.63) is 170 Å². The van der Waals surface area contributed by atoms with Gasteiger partial charge in [-0.05, 0) is 53.6 Å². The maximum Gasteiger partial charge on any atom is 0.165 e. The molecule has 0 aliphatic heterocycles. The maximum atomic E-state index is 6.45. The highest BCUT2D eigenvalue weighted by Crippen LogP contribution is 2.44. The van der Waals surface area contributed by atoms with E-state index in [1.165, 1.54) is 16.3 Å². The number of aromatic nitrogens is 4. The van der Waals surface area contributed by atoms with Gasteiger partial charge in [0.2, 0.25) is 0 Å². The van der Waals surface area contributed by atoms with Crippen LogP contribution >= 0.6 is 0 Å². The Morgan fingerprint density at radius 2 is 0.980 bits per heavy atom. The lowest BCUT2D eigenvalue weighted by Crippen LogP contribution is -2.01. The van der Waals surface area contributed by atoms with Crippen molar-refractivity contribution in [2.75, 3.05) is 0 Å². The first-order valence-electron chi connectivity index (χ1n) is 16.7. The molecule has 0 spiro atoms. The van der Waals surface area contributed by atoms with Crippen LogP contribution in [0.15, 0.2) is 174 Å². The molecule has 50 heavy (non-hydrogen) atoms. The number of rotatable bonds is 5. The van der Waals surface area contributed by atoms with Crippen LogP contribution in [0.4, 0.5) is 0 Å². The molecular formula is C45H28N4O. The number of benzene rings is 7. The van der Waals surface area contributed by atoms with E-state index < -0.39 is 0 Å². The summed E-state index contributed by atoms with van der Waals surface area (Å²) in [6, 6.07) is 58.5. The van der Waals surface area contributed by atoms with Crippen LogP contribution in [0.3, 0.4) is 0 Å². The van der Waals surface area contributed by atoms with E-state index in [9.17, 15) is 0 Å². The first kappa shape index (κ1) is 28.2. The van der Waals surface area contributed by atoms with Gasteiger partial charge in [-0.2, -0.15) is 0 Å². The highest BCUT2D eigenvalue weighted by atomic mass is 16.3. The Labute approximate surface area is 287 Å². The van der Waals surface area contributed by atoms with Gasteiger partial charge in [-0.15, -0.1) is 0 Å². The maximum absolute atomic E-state index is 6.45. The van der Waals surface area contributed by atoms with Crippen LogP contribution < -0.4 is 0 Å². The summed E-state index contributed by atoms with van der Waals surface area (Å²) < 4.78 is 8.80. The van der Waals surface area contributed by atoms with Gasteiger partial charge < -0.3 is 8.98 Å². The van der Waals surface area contributed by atoms with E-state index >= 15 is 0 Å². The summed E-state index contributed by atoms with van der Waals surface area (Å²) in [4.78, 5) is 15.4. The zero-order valence-corrected chi connectivity index (χ0v) is 26.9. The predicted octanol–water partition coefficient (Wildman–Crippen LogP) is 11.5. The SMILES string of the molecule is c1ccc(-c2nc(-c3ccccc3)nc(-c3c(-c4ccc5c6ccccc6n(-c6ccccc6)c5c4)ccc4oc5ccccc5c34)n2)cc1. The molecule has 3 aromatic heterocycles. The molecule has 7 aromatic carbocycles. The molecule has 5 nitrogen and oxygen atoms in total. The fourth-order valence-corrected chi connectivity index (χ4v) is 7.20. The quantitative estimate of drug-likeness (QED) is 0.188. The third kappa shape index (κ3) is 4.52. The number of hydrogen-bond acceptors (Lipinski definition) is 4. The molecule has 10 rings (SSSR count). The molecule has 0 aliphatic carbocycles. The van der Waals surface area contributed by atoms with Crippen LogP contribution in [0.5, 0.6) is 0 Å². The van der Waals surface area contributed by atoms with Gasteiger partial charge in [0.1, 0.15) is 11.2 Å². The van der Waals surface area contributed by atoms with Crippen molar-refractivity contribution in [2.24, 2.45) is 0 Å². The Kier molecular flexibility index (Phi) is 6.42. The highest BCUT2D eigenvalue weighted by molar-refractivity contribution is 6.16. The Balaban J connectivity index is 1.31. The molecule has 10 aromatic rings. The highest BCUT2D eigenvalue weighted by Gasteiger charge is 2.23. The van der Waals surface area contributed by atoms with E-state index in [0.717, 1.165) is 61.0 Å². The van der Waals surface area contributed by atoms with Gasteiger partial charge in [-0.3, -0.25) is 0 Å². The first-order chi connectivity index (χ1) is 24.8. The summed E-state index contributed by atoms with van der Waals surface area (Å²) in [6.07, 6.45) is 0. The molecule has 0 atom stereocenters. The standard InChI is InChI=1S/C45H28N4O/c1-4-14-29(15-5-1)43-46-44(30-16-6-2-7-17-30)48-45(47-43)42-33(26-27-40-41(42)36-21-11-13-23-39(36)50-40)31-24-25-35-34-20-10-12-22-37(34)49(38(35)28-31)32-18-8-3-9-19-32/h1-28H. The second-order valence-electron chi connectivity index (χ2n) is 12.4. The summed E-state index contributed by atoms with van der Waals surface area (Å²) in [5, 5.41) is 4.40. The minimum atomic E-state index is 0.591. The zero-order valence-electron chi connectivity index (χ0n) is 26.9. The van der Waals surface area contributed by atoms with Crippen LogP contribution in [-0.4, -0.2) is 19.5 Å². The molecule has 0 amide bonds. The van der Waals surface area contributed by atoms with Gasteiger partial charge in [0.05, 0.1) is 11.0 Å². The smallest absolute Gasteiger partial charge is 0.165 e. The molecule has 234 valence electrons. The van der Waals surface area contributed by atoms with Crippen molar-refractivity contribution in [2.45, 2.75) is 0 Å². The number of furan rings is 1. The zero-order chi connectivity index (χ0) is 33.0. The fraction of sp³-hybridized carbons (Fsp3) is 0. The summed E-state index contributed by atoms with van der Waals surface area (Å²) in [5.41, 5.74) is 9.84. The lowest BCUT2D eigenvalue weighted by molar-refractivity contribution is 0.669. The summed E-state index contributed by atoms with van der Waals surface area (Å²) in [5.74, 6) is 1.82. The average molecular weight is 641 g/mol. The van der Waals surface area contributed by atoms with Crippen LogP contribution in [0.1, 0.15) is 0 Å². The molecule has 0 saturated carbocycles. The first-order valence-corrected chi connectivity index (χ1v) is 16.7. The van der Waals surface area contributed by atoms with Gasteiger partial charge in [-0.25, -0.2) is 15.0 Å². The molecular weight excluding hydrogens is 613 g/mol. The van der Waals surface area contributed by atoms with Crippen molar-refractivity contribution in [3.63, 3.8) is 0 Å². The lowest BCUT2D eigenvalue weighted by atomic mass is 9.94. The number of fused-ring (bicyclic) bond motifs is 6. The third-order valence-corrected chi connectivity index (χ3v) is 9.47. The van der Waals surface area contributed by atoms with E-state index in [1.807, 2.05) is 72.8 Å². The minimum Gasteiger partial charge on any atom is -0.456 e. The van der Waals surface area contributed by atoms with E-state index in [0.29, 0.717) is 17.5 Å². The van der Waals surface area contributed by atoms with E-state index in [2.05, 4.69) is 102 Å². The van der Waals surface area contributed by atoms with Gasteiger partial charge in [0.15, 0.2) is 17.5 Å². The topological polar surface area (TPSA) is 56.7 Å². The second kappa shape index (κ2) is 11.4. The summed E-state index contributed by atoms with van der Waals surface area (Å²) >= 11 is 0. The van der Waals surface area contributed by atoms with Crippen LogP contribution in [-0.2, 0) is 0 Å². The van der Waals surface area contributed by atoms with Crippen molar-refractivity contribution >= 4 is 43.7 Å². The Bertz CT molecular complexity index is 2800. The van der Waals surface area contributed by atoms with Gasteiger partial charge in [-0.1, -0.05) is 127 Å². The van der Waals surface area contributed by atoms with Crippen molar-refractivity contribution in [1.29, 1.82) is 0 Å². The number of hydrogen-bond donors (Lipinski definition) is 0.